The number of carbonyl (C=O) groups excluding carboxylic acids is 1. The summed E-state index contributed by atoms with van der Waals surface area (Å²) in [6.07, 6.45) is 10.4. The van der Waals surface area contributed by atoms with Crippen LogP contribution in [0.5, 0.6) is 0 Å². The van der Waals surface area contributed by atoms with Crippen molar-refractivity contribution in [2.24, 2.45) is 5.41 Å². The summed E-state index contributed by atoms with van der Waals surface area (Å²) in [5.41, 5.74) is -0.865. The second-order valence-corrected chi connectivity index (χ2v) is 5.83. The fourth-order valence-corrected chi connectivity index (χ4v) is 2.98. The molecule has 2 N–H and O–H groups in total. The summed E-state index contributed by atoms with van der Waals surface area (Å²) < 4.78 is 1.87. The standard InChI is InChI=1S/C15H23N3O3/c19-13(17-8-10-18-9-7-16-12-18)11-15(14(20)21)5-3-1-2-4-6-15/h7,9,12H,1-6,8,10-11H2,(H,17,19)(H,20,21). The van der Waals surface area contributed by atoms with Crippen molar-refractivity contribution in [3.05, 3.63) is 18.7 Å². The van der Waals surface area contributed by atoms with Gasteiger partial charge in [0.1, 0.15) is 0 Å². The lowest BCUT2D eigenvalue weighted by Crippen LogP contribution is -2.38. The van der Waals surface area contributed by atoms with Crippen molar-refractivity contribution in [1.29, 1.82) is 0 Å². The molecule has 0 aliphatic heterocycles. The number of carbonyl (C=O) groups is 2. The Hall–Kier alpha value is -1.85. The molecular weight excluding hydrogens is 270 g/mol. The van der Waals surface area contributed by atoms with E-state index in [1.54, 1.807) is 12.5 Å². The maximum absolute atomic E-state index is 12.1. The lowest BCUT2D eigenvalue weighted by atomic mass is 9.77. The summed E-state index contributed by atoms with van der Waals surface area (Å²) in [7, 11) is 0. The average molecular weight is 293 g/mol. The van der Waals surface area contributed by atoms with Gasteiger partial charge in [-0.25, -0.2) is 4.98 Å². The average Bonchev–Trinajstić information content (AvgIpc) is 2.84. The molecule has 1 aromatic rings. The van der Waals surface area contributed by atoms with E-state index in [0.29, 0.717) is 25.9 Å². The van der Waals surface area contributed by atoms with Gasteiger partial charge in [-0.2, -0.15) is 0 Å². The molecule has 1 heterocycles. The van der Waals surface area contributed by atoms with Crippen molar-refractivity contribution in [3.8, 4) is 0 Å². The monoisotopic (exact) mass is 293 g/mol. The Bertz CT molecular complexity index is 463. The fraction of sp³-hybridized carbons (Fsp3) is 0.667. The maximum atomic E-state index is 12.1. The first kappa shape index (κ1) is 15.5. The van der Waals surface area contributed by atoms with E-state index in [4.69, 9.17) is 0 Å². The van der Waals surface area contributed by atoms with Gasteiger partial charge in [-0.1, -0.05) is 25.7 Å². The van der Waals surface area contributed by atoms with E-state index in [9.17, 15) is 14.7 Å². The molecular formula is C15H23N3O3. The number of carboxylic acid groups (broad SMARTS) is 1. The van der Waals surface area contributed by atoms with Crippen LogP contribution in [0.3, 0.4) is 0 Å². The van der Waals surface area contributed by atoms with Gasteiger partial charge in [0.2, 0.25) is 5.91 Å². The number of aromatic nitrogens is 2. The zero-order valence-corrected chi connectivity index (χ0v) is 12.3. The molecule has 1 aliphatic carbocycles. The third kappa shape index (κ3) is 4.31. The highest BCUT2D eigenvalue weighted by molar-refractivity contribution is 5.85. The number of nitrogens with zero attached hydrogens (tertiary/aromatic N) is 2. The predicted molar refractivity (Wildman–Crippen MR) is 77.6 cm³/mol. The first-order valence-electron chi connectivity index (χ1n) is 7.58. The summed E-state index contributed by atoms with van der Waals surface area (Å²) in [6, 6.07) is 0. The number of aliphatic carboxylic acids is 1. The van der Waals surface area contributed by atoms with Crippen molar-refractivity contribution < 1.29 is 14.7 Å². The SMILES string of the molecule is O=C(CC1(C(=O)O)CCCCCC1)NCCn1ccnc1. The fourth-order valence-electron chi connectivity index (χ4n) is 2.98. The van der Waals surface area contributed by atoms with E-state index in [-0.39, 0.29) is 12.3 Å². The lowest BCUT2D eigenvalue weighted by Gasteiger charge is -2.27. The van der Waals surface area contributed by atoms with E-state index in [1.807, 2.05) is 10.8 Å². The highest BCUT2D eigenvalue weighted by Gasteiger charge is 2.40. The Morgan fingerprint density at radius 3 is 2.52 bits per heavy atom. The number of hydrogen-bond acceptors (Lipinski definition) is 3. The predicted octanol–water partition coefficient (Wildman–Crippen LogP) is 1.81. The van der Waals surface area contributed by atoms with Gasteiger partial charge in [-0.3, -0.25) is 9.59 Å². The molecule has 0 spiro atoms. The molecule has 2 rings (SSSR count). The van der Waals surface area contributed by atoms with E-state index in [1.165, 1.54) is 0 Å². The van der Waals surface area contributed by atoms with Crippen molar-refractivity contribution in [1.82, 2.24) is 14.9 Å². The number of imidazole rings is 1. The van der Waals surface area contributed by atoms with Crippen molar-refractivity contribution in [3.63, 3.8) is 0 Å². The number of nitrogens with one attached hydrogen (secondary N) is 1. The third-order valence-corrected chi connectivity index (χ3v) is 4.26. The minimum absolute atomic E-state index is 0.0895. The Labute approximate surface area is 124 Å². The second kappa shape index (κ2) is 7.24. The van der Waals surface area contributed by atoms with Gasteiger partial charge in [0, 0.05) is 31.9 Å². The summed E-state index contributed by atoms with van der Waals surface area (Å²) in [5, 5.41) is 12.4. The molecule has 1 aromatic heterocycles. The molecule has 0 atom stereocenters. The van der Waals surface area contributed by atoms with Crippen LogP contribution in [0, 0.1) is 5.41 Å². The van der Waals surface area contributed by atoms with E-state index < -0.39 is 11.4 Å². The van der Waals surface area contributed by atoms with Gasteiger partial charge in [-0.05, 0) is 12.8 Å². The Morgan fingerprint density at radius 1 is 1.24 bits per heavy atom. The molecule has 1 saturated carbocycles. The molecule has 6 heteroatoms. The Balaban J connectivity index is 1.84. The minimum Gasteiger partial charge on any atom is -0.481 e. The van der Waals surface area contributed by atoms with Crippen molar-refractivity contribution in [2.45, 2.75) is 51.5 Å². The zero-order valence-electron chi connectivity index (χ0n) is 12.3. The first-order valence-corrected chi connectivity index (χ1v) is 7.58. The van der Waals surface area contributed by atoms with Crippen LogP contribution in [0.15, 0.2) is 18.7 Å². The highest BCUT2D eigenvalue weighted by Crippen LogP contribution is 2.38. The van der Waals surface area contributed by atoms with E-state index >= 15 is 0 Å². The molecule has 0 aromatic carbocycles. The number of amides is 1. The van der Waals surface area contributed by atoms with Crippen LogP contribution in [0.4, 0.5) is 0 Å². The molecule has 0 saturated heterocycles. The maximum Gasteiger partial charge on any atom is 0.310 e. The van der Waals surface area contributed by atoms with Gasteiger partial charge in [0.05, 0.1) is 11.7 Å². The Morgan fingerprint density at radius 2 is 1.95 bits per heavy atom. The van der Waals surface area contributed by atoms with Gasteiger partial charge in [0.25, 0.3) is 0 Å². The molecule has 0 unspecified atom stereocenters. The van der Waals surface area contributed by atoms with Gasteiger partial charge < -0.3 is 15.0 Å². The quantitative estimate of drug-likeness (QED) is 0.783. The number of carboxylic acids is 1. The van der Waals surface area contributed by atoms with Crippen LogP contribution in [-0.4, -0.2) is 33.1 Å². The van der Waals surface area contributed by atoms with Crippen LogP contribution in [0.25, 0.3) is 0 Å². The van der Waals surface area contributed by atoms with Gasteiger partial charge in [0.15, 0.2) is 0 Å². The molecule has 1 aliphatic rings. The van der Waals surface area contributed by atoms with Gasteiger partial charge >= 0.3 is 5.97 Å². The number of hydrogen-bond donors (Lipinski definition) is 2. The van der Waals surface area contributed by atoms with E-state index in [0.717, 1.165) is 25.7 Å². The molecule has 1 fully saturated rings. The summed E-state index contributed by atoms with van der Waals surface area (Å²) >= 11 is 0. The second-order valence-electron chi connectivity index (χ2n) is 5.83. The molecule has 0 radical (unpaired) electrons. The first-order chi connectivity index (χ1) is 10.1. The molecule has 0 bridgehead atoms. The van der Waals surface area contributed by atoms with Crippen LogP contribution >= 0.6 is 0 Å². The molecule has 116 valence electrons. The van der Waals surface area contributed by atoms with Crippen molar-refractivity contribution in [2.75, 3.05) is 6.54 Å². The van der Waals surface area contributed by atoms with Crippen LogP contribution < -0.4 is 5.32 Å². The molecule has 1 amide bonds. The zero-order chi connectivity index (χ0) is 15.1. The lowest BCUT2D eigenvalue weighted by molar-refractivity contribution is -0.152. The normalized spacial score (nSPS) is 17.9. The smallest absolute Gasteiger partial charge is 0.310 e. The van der Waals surface area contributed by atoms with Crippen molar-refractivity contribution >= 4 is 11.9 Å². The summed E-state index contributed by atoms with van der Waals surface area (Å²) in [4.78, 5) is 27.6. The summed E-state index contributed by atoms with van der Waals surface area (Å²) in [6.45, 7) is 1.14. The topological polar surface area (TPSA) is 84.2 Å². The van der Waals surface area contributed by atoms with Crippen LogP contribution in [0.2, 0.25) is 0 Å². The van der Waals surface area contributed by atoms with E-state index in [2.05, 4.69) is 10.3 Å². The van der Waals surface area contributed by atoms with Crippen LogP contribution in [0.1, 0.15) is 44.9 Å². The minimum atomic E-state index is -0.865. The van der Waals surface area contributed by atoms with Gasteiger partial charge in [-0.15, -0.1) is 0 Å². The molecule has 21 heavy (non-hydrogen) atoms. The highest BCUT2D eigenvalue weighted by atomic mass is 16.4. The Kier molecular flexibility index (Phi) is 5.36. The number of rotatable bonds is 6. The summed E-state index contributed by atoms with van der Waals surface area (Å²) in [5.74, 6) is -0.992. The third-order valence-electron chi connectivity index (χ3n) is 4.26. The van der Waals surface area contributed by atoms with Crippen LogP contribution in [-0.2, 0) is 16.1 Å². The molecule has 6 nitrogen and oxygen atoms in total. The largest absolute Gasteiger partial charge is 0.481 e.